The lowest BCUT2D eigenvalue weighted by Gasteiger charge is -2.28. The zero-order valence-electron chi connectivity index (χ0n) is 14.2. The first kappa shape index (κ1) is 15.7. The van der Waals surface area contributed by atoms with Crippen LogP contribution in [0.5, 0.6) is 0 Å². The summed E-state index contributed by atoms with van der Waals surface area (Å²) in [5, 5.41) is 4.39. The van der Waals surface area contributed by atoms with Gasteiger partial charge in [-0.05, 0) is 49.6 Å². The Bertz CT molecular complexity index is 981. The van der Waals surface area contributed by atoms with E-state index in [0.717, 1.165) is 22.5 Å². The number of benzene rings is 1. The van der Waals surface area contributed by atoms with Crippen molar-refractivity contribution in [2.24, 2.45) is 0 Å². The number of carbonyl (C=O) groups excluding carboxylic acids is 1. The van der Waals surface area contributed by atoms with E-state index >= 15 is 0 Å². The van der Waals surface area contributed by atoms with E-state index in [9.17, 15) is 9.18 Å². The summed E-state index contributed by atoms with van der Waals surface area (Å²) in [6.07, 6.45) is 0.801. The monoisotopic (exact) mass is 339 g/mol. The molecule has 3 aromatic rings. The number of carbonyl (C=O) groups is 1. The summed E-state index contributed by atoms with van der Waals surface area (Å²) < 4.78 is 15.0. The molecule has 0 N–H and O–H groups in total. The van der Waals surface area contributed by atoms with Gasteiger partial charge in [0.15, 0.2) is 5.82 Å². The molecular formula is C18H18FN5O. The number of rotatable bonds is 2. The predicted octanol–water partition coefficient (Wildman–Crippen LogP) is 2.01. The van der Waals surface area contributed by atoms with Gasteiger partial charge in [0.05, 0.1) is 6.42 Å². The highest BCUT2D eigenvalue weighted by molar-refractivity contribution is 5.78. The average molecular weight is 339 g/mol. The molecule has 7 heteroatoms. The molecule has 1 aromatic carbocycles. The first-order valence-electron chi connectivity index (χ1n) is 8.24. The highest BCUT2D eigenvalue weighted by atomic mass is 19.1. The number of aromatic nitrogens is 4. The van der Waals surface area contributed by atoms with Crippen molar-refractivity contribution >= 4 is 11.7 Å². The molecule has 1 aliphatic rings. The fourth-order valence-corrected chi connectivity index (χ4v) is 3.26. The number of aryl methyl sites for hydroxylation is 2. The molecular weight excluding hydrogens is 321 g/mol. The number of amides is 1. The molecule has 0 saturated heterocycles. The van der Waals surface area contributed by atoms with E-state index in [-0.39, 0.29) is 18.1 Å². The molecule has 0 spiro atoms. The Morgan fingerprint density at radius 1 is 1.20 bits per heavy atom. The number of hydrogen-bond donors (Lipinski definition) is 0. The van der Waals surface area contributed by atoms with Gasteiger partial charge in [-0.15, -0.1) is 5.10 Å². The molecule has 0 atom stereocenters. The minimum Gasteiger partial charge on any atom is -0.338 e. The van der Waals surface area contributed by atoms with Crippen molar-refractivity contribution in [2.45, 2.75) is 33.2 Å². The van der Waals surface area contributed by atoms with Crippen LogP contribution in [0.2, 0.25) is 0 Å². The molecule has 25 heavy (non-hydrogen) atoms. The van der Waals surface area contributed by atoms with E-state index in [1.165, 1.54) is 6.07 Å². The summed E-state index contributed by atoms with van der Waals surface area (Å²) in [6.45, 7) is 4.92. The molecule has 4 rings (SSSR count). The van der Waals surface area contributed by atoms with E-state index in [0.29, 0.717) is 31.1 Å². The van der Waals surface area contributed by atoms with Crippen LogP contribution in [-0.2, 0) is 24.2 Å². The largest absolute Gasteiger partial charge is 0.338 e. The van der Waals surface area contributed by atoms with Crippen molar-refractivity contribution in [3.63, 3.8) is 0 Å². The highest BCUT2D eigenvalue weighted by Gasteiger charge is 2.22. The van der Waals surface area contributed by atoms with Crippen LogP contribution in [-0.4, -0.2) is 36.9 Å². The molecule has 0 radical (unpaired) electrons. The van der Waals surface area contributed by atoms with Crippen molar-refractivity contribution in [3.05, 3.63) is 58.4 Å². The number of hydrogen-bond acceptors (Lipinski definition) is 4. The summed E-state index contributed by atoms with van der Waals surface area (Å²) in [6, 6.07) is 6.67. The van der Waals surface area contributed by atoms with Crippen LogP contribution in [0, 0.1) is 19.7 Å². The minimum absolute atomic E-state index is 0.0275. The van der Waals surface area contributed by atoms with Gasteiger partial charge in [-0.25, -0.2) is 13.9 Å². The third-order valence-corrected chi connectivity index (χ3v) is 4.50. The topological polar surface area (TPSA) is 63.4 Å². The van der Waals surface area contributed by atoms with Gasteiger partial charge in [-0.2, -0.15) is 4.98 Å². The third-order valence-electron chi connectivity index (χ3n) is 4.50. The van der Waals surface area contributed by atoms with Gasteiger partial charge in [0.25, 0.3) is 5.78 Å². The van der Waals surface area contributed by atoms with E-state index < -0.39 is 0 Å². The second-order valence-corrected chi connectivity index (χ2v) is 6.43. The van der Waals surface area contributed by atoms with Crippen molar-refractivity contribution in [3.8, 4) is 0 Å². The van der Waals surface area contributed by atoms with Crippen LogP contribution in [0.3, 0.4) is 0 Å². The summed E-state index contributed by atoms with van der Waals surface area (Å²) in [7, 11) is 0. The van der Waals surface area contributed by atoms with Crippen molar-refractivity contribution in [1.29, 1.82) is 0 Å². The first-order valence-corrected chi connectivity index (χ1v) is 8.24. The van der Waals surface area contributed by atoms with Crippen LogP contribution >= 0.6 is 0 Å². The van der Waals surface area contributed by atoms with E-state index in [1.54, 1.807) is 21.5 Å². The lowest BCUT2D eigenvalue weighted by atomic mass is 9.99. The van der Waals surface area contributed by atoms with Crippen LogP contribution in [0.25, 0.3) is 5.78 Å². The maximum Gasteiger partial charge on any atom is 0.252 e. The van der Waals surface area contributed by atoms with Gasteiger partial charge in [0.1, 0.15) is 5.82 Å². The first-order chi connectivity index (χ1) is 12.0. The van der Waals surface area contributed by atoms with E-state index in [4.69, 9.17) is 0 Å². The molecule has 1 aliphatic heterocycles. The fraction of sp³-hybridized carbons (Fsp3) is 0.333. The van der Waals surface area contributed by atoms with Crippen LogP contribution in [0.1, 0.15) is 28.3 Å². The third kappa shape index (κ3) is 2.97. The molecule has 6 nitrogen and oxygen atoms in total. The second kappa shape index (κ2) is 5.91. The predicted molar refractivity (Wildman–Crippen MR) is 89.5 cm³/mol. The summed E-state index contributed by atoms with van der Waals surface area (Å²) in [5.41, 5.74) is 3.78. The quantitative estimate of drug-likeness (QED) is 0.716. The SMILES string of the molecule is Cc1cc(C)n2nc(CC(=O)N3CCc4cc(F)ccc4C3)nc2n1. The summed E-state index contributed by atoms with van der Waals surface area (Å²) in [4.78, 5) is 23.1. The maximum absolute atomic E-state index is 13.3. The maximum atomic E-state index is 13.3. The van der Waals surface area contributed by atoms with Gasteiger partial charge in [0.2, 0.25) is 5.91 Å². The Labute approximate surface area is 144 Å². The molecule has 2 aromatic heterocycles. The molecule has 128 valence electrons. The Hall–Kier alpha value is -2.83. The van der Waals surface area contributed by atoms with Gasteiger partial charge in [-0.1, -0.05) is 6.07 Å². The highest BCUT2D eigenvalue weighted by Crippen LogP contribution is 2.20. The molecule has 1 amide bonds. The normalized spacial score (nSPS) is 14.0. The summed E-state index contributed by atoms with van der Waals surface area (Å²) in [5.74, 6) is 0.724. The van der Waals surface area contributed by atoms with Gasteiger partial charge < -0.3 is 4.90 Å². The van der Waals surface area contributed by atoms with Gasteiger partial charge in [0, 0.05) is 24.5 Å². The van der Waals surface area contributed by atoms with Crippen LogP contribution in [0.15, 0.2) is 24.3 Å². The molecule has 0 saturated carbocycles. The number of halogens is 1. The summed E-state index contributed by atoms with van der Waals surface area (Å²) >= 11 is 0. The number of fused-ring (bicyclic) bond motifs is 2. The van der Waals surface area contributed by atoms with Gasteiger partial charge >= 0.3 is 0 Å². The Kier molecular flexibility index (Phi) is 3.71. The molecule has 0 fully saturated rings. The average Bonchev–Trinajstić information content (AvgIpc) is 2.97. The van der Waals surface area contributed by atoms with Crippen LogP contribution < -0.4 is 0 Å². The molecule has 0 bridgehead atoms. The Morgan fingerprint density at radius 2 is 2.04 bits per heavy atom. The van der Waals surface area contributed by atoms with Crippen LogP contribution in [0.4, 0.5) is 4.39 Å². The molecule has 0 aliphatic carbocycles. The zero-order chi connectivity index (χ0) is 17.6. The lowest BCUT2D eigenvalue weighted by molar-refractivity contribution is -0.131. The molecule has 0 unspecified atom stereocenters. The minimum atomic E-state index is -0.231. The Morgan fingerprint density at radius 3 is 2.88 bits per heavy atom. The standard InChI is InChI=1S/C18H18FN5O/c1-11-7-12(2)24-18(20-11)21-16(22-24)9-17(25)23-6-5-13-8-15(19)4-3-14(13)10-23/h3-4,7-8H,5-6,9-10H2,1-2H3. The van der Waals surface area contributed by atoms with E-state index in [2.05, 4.69) is 15.1 Å². The smallest absolute Gasteiger partial charge is 0.252 e. The van der Waals surface area contributed by atoms with Crippen molar-refractivity contribution < 1.29 is 9.18 Å². The molecule has 3 heterocycles. The van der Waals surface area contributed by atoms with E-state index in [1.807, 2.05) is 19.9 Å². The fourth-order valence-electron chi connectivity index (χ4n) is 3.26. The van der Waals surface area contributed by atoms with Crippen molar-refractivity contribution in [2.75, 3.05) is 6.54 Å². The lowest BCUT2D eigenvalue weighted by Crippen LogP contribution is -2.37. The van der Waals surface area contributed by atoms with Crippen molar-refractivity contribution in [1.82, 2.24) is 24.5 Å². The zero-order valence-corrected chi connectivity index (χ0v) is 14.2. The second-order valence-electron chi connectivity index (χ2n) is 6.43. The van der Waals surface area contributed by atoms with Gasteiger partial charge in [-0.3, -0.25) is 4.79 Å². The number of nitrogens with zero attached hydrogens (tertiary/aromatic N) is 5. The Balaban J connectivity index is 1.53.